The molecule has 28 heavy (non-hydrogen) atoms. The van der Waals surface area contributed by atoms with Gasteiger partial charge in [-0.2, -0.15) is 18.3 Å². The van der Waals surface area contributed by atoms with Crippen LogP contribution in [-0.2, 0) is 0 Å². The number of anilines is 2. The molecular weight excluding hydrogens is 375 g/mol. The van der Waals surface area contributed by atoms with Crippen LogP contribution in [0.3, 0.4) is 0 Å². The summed E-state index contributed by atoms with van der Waals surface area (Å²) in [7, 11) is 0. The number of carbonyl (C=O) groups is 1. The van der Waals surface area contributed by atoms with E-state index in [0.29, 0.717) is 12.1 Å². The highest BCUT2D eigenvalue weighted by Gasteiger charge is 2.46. The van der Waals surface area contributed by atoms with E-state index in [1.165, 1.54) is 40.3 Å². The Hall–Kier alpha value is -3.24. The molecule has 1 aliphatic rings. The van der Waals surface area contributed by atoms with Gasteiger partial charge in [-0.25, -0.2) is 14.5 Å². The van der Waals surface area contributed by atoms with E-state index in [1.54, 1.807) is 6.92 Å². The van der Waals surface area contributed by atoms with Crippen LogP contribution in [0.15, 0.2) is 30.9 Å². The Bertz CT molecular complexity index is 1020. The van der Waals surface area contributed by atoms with E-state index >= 15 is 0 Å². The number of nitrogens with one attached hydrogen (secondary N) is 1. The zero-order valence-electron chi connectivity index (χ0n) is 14.8. The van der Waals surface area contributed by atoms with Gasteiger partial charge in [-0.3, -0.25) is 9.78 Å². The fraction of sp³-hybridized carbons (Fsp3) is 0.353. The van der Waals surface area contributed by atoms with Crippen LogP contribution in [0.1, 0.15) is 28.9 Å². The van der Waals surface area contributed by atoms with Crippen molar-refractivity contribution in [3.8, 4) is 0 Å². The Morgan fingerprint density at radius 1 is 1.32 bits per heavy atom. The lowest BCUT2D eigenvalue weighted by atomic mass is 10.2. The zero-order valence-corrected chi connectivity index (χ0v) is 14.8. The van der Waals surface area contributed by atoms with Gasteiger partial charge in [0.15, 0.2) is 11.5 Å². The van der Waals surface area contributed by atoms with Gasteiger partial charge in [-0.05, 0) is 25.8 Å². The van der Waals surface area contributed by atoms with Crippen LogP contribution < -0.4 is 10.2 Å². The highest BCUT2D eigenvalue weighted by molar-refractivity contribution is 6.08. The fourth-order valence-electron chi connectivity index (χ4n) is 3.38. The molecule has 0 spiro atoms. The van der Waals surface area contributed by atoms with Crippen LogP contribution in [0.25, 0.3) is 5.65 Å². The van der Waals surface area contributed by atoms with Gasteiger partial charge in [0, 0.05) is 25.1 Å². The summed E-state index contributed by atoms with van der Waals surface area (Å²) in [6.07, 6.45) is 1.90. The highest BCUT2D eigenvalue weighted by atomic mass is 19.4. The normalized spacial score (nSPS) is 17.3. The summed E-state index contributed by atoms with van der Waals surface area (Å²) in [5.74, 6) is -0.0914. The zero-order chi connectivity index (χ0) is 19.9. The quantitative estimate of drug-likeness (QED) is 0.738. The monoisotopic (exact) mass is 391 g/mol. The molecule has 1 amide bonds. The minimum atomic E-state index is -4.34. The molecule has 0 bridgehead atoms. The van der Waals surface area contributed by atoms with Crippen molar-refractivity contribution < 1.29 is 18.0 Å². The molecule has 1 N–H and O–H groups in total. The second-order valence-corrected chi connectivity index (χ2v) is 6.45. The molecule has 0 radical (unpaired) electrons. The number of carbonyl (C=O) groups excluding carboxylic acids is 1. The highest BCUT2D eigenvalue weighted by Crippen LogP contribution is 2.35. The van der Waals surface area contributed by atoms with Gasteiger partial charge in [-0.15, -0.1) is 0 Å². The van der Waals surface area contributed by atoms with Gasteiger partial charge in [0.25, 0.3) is 5.91 Å². The van der Waals surface area contributed by atoms with Gasteiger partial charge >= 0.3 is 6.18 Å². The van der Waals surface area contributed by atoms with Crippen LogP contribution in [0.2, 0.25) is 0 Å². The lowest BCUT2D eigenvalue weighted by Crippen LogP contribution is -2.41. The topological polar surface area (TPSA) is 88.3 Å². The molecular formula is C17H16F3N7O. The first-order chi connectivity index (χ1) is 13.3. The Balaban J connectivity index is 1.71. The Morgan fingerprint density at radius 2 is 2.14 bits per heavy atom. The Kier molecular flexibility index (Phi) is 4.36. The molecule has 0 unspecified atom stereocenters. The van der Waals surface area contributed by atoms with Crippen LogP contribution in [-0.4, -0.2) is 49.2 Å². The summed E-state index contributed by atoms with van der Waals surface area (Å²) in [6, 6.07) is -0.100. The first-order valence-corrected chi connectivity index (χ1v) is 8.61. The molecule has 11 heteroatoms. The predicted octanol–water partition coefficient (Wildman–Crippen LogP) is 2.61. The predicted molar refractivity (Wildman–Crippen MR) is 94.1 cm³/mol. The van der Waals surface area contributed by atoms with Crippen LogP contribution >= 0.6 is 0 Å². The minimum absolute atomic E-state index is 0.0225. The third kappa shape index (κ3) is 3.23. The van der Waals surface area contributed by atoms with Crippen molar-refractivity contribution in [3.05, 3.63) is 42.1 Å². The van der Waals surface area contributed by atoms with Gasteiger partial charge in [0.2, 0.25) is 0 Å². The molecule has 146 valence electrons. The minimum Gasteiger partial charge on any atom is -0.344 e. The van der Waals surface area contributed by atoms with Gasteiger partial charge in [-0.1, -0.05) is 0 Å². The van der Waals surface area contributed by atoms with E-state index < -0.39 is 18.1 Å². The summed E-state index contributed by atoms with van der Waals surface area (Å²) in [5.41, 5.74) is 0.763. The number of aryl methyl sites for hydroxylation is 1. The molecule has 1 aliphatic heterocycles. The molecule has 3 aromatic rings. The molecule has 8 nitrogen and oxygen atoms in total. The molecule has 0 aliphatic carbocycles. The van der Waals surface area contributed by atoms with Crippen LogP contribution in [0.4, 0.5) is 24.8 Å². The van der Waals surface area contributed by atoms with Gasteiger partial charge in [0.1, 0.15) is 17.4 Å². The largest absolute Gasteiger partial charge is 0.408 e. The lowest BCUT2D eigenvalue weighted by molar-refractivity contribution is -0.146. The van der Waals surface area contributed by atoms with E-state index in [0.717, 1.165) is 0 Å². The Morgan fingerprint density at radius 3 is 2.86 bits per heavy atom. The van der Waals surface area contributed by atoms with E-state index in [4.69, 9.17) is 0 Å². The number of alkyl halides is 3. The van der Waals surface area contributed by atoms with Crippen molar-refractivity contribution in [2.45, 2.75) is 32.0 Å². The average Bonchev–Trinajstić information content (AvgIpc) is 3.25. The standard InChI is InChI=1S/C17H16F3N7O/c1-10-14(16(28)23-12-9-21-5-6-22-12)15-24-13(4-8-27(15)25-10)26-7-2-3-11(26)17(18,19)20/h4-6,8-9,11H,2-3,7H2,1H3,(H,22,23,28)/t11-/m1/s1. The Labute approximate surface area is 157 Å². The summed E-state index contributed by atoms with van der Waals surface area (Å²) in [4.78, 5) is 26.1. The molecule has 3 aromatic heterocycles. The summed E-state index contributed by atoms with van der Waals surface area (Å²) in [6.45, 7) is 1.88. The first kappa shape index (κ1) is 18.1. The smallest absolute Gasteiger partial charge is 0.344 e. The van der Waals surface area contributed by atoms with Crippen molar-refractivity contribution in [1.29, 1.82) is 0 Å². The number of nitrogens with zero attached hydrogens (tertiary/aromatic N) is 6. The summed E-state index contributed by atoms with van der Waals surface area (Å²) >= 11 is 0. The van der Waals surface area contributed by atoms with Gasteiger partial charge < -0.3 is 10.2 Å². The SMILES string of the molecule is Cc1nn2ccc(N3CCC[C@@H]3C(F)(F)F)nc2c1C(=O)Nc1cnccn1. The number of amides is 1. The van der Waals surface area contributed by atoms with Crippen molar-refractivity contribution in [3.63, 3.8) is 0 Å². The maximum absolute atomic E-state index is 13.3. The lowest BCUT2D eigenvalue weighted by Gasteiger charge is -2.27. The van der Waals surface area contributed by atoms with E-state index in [2.05, 4.69) is 25.4 Å². The molecule has 4 rings (SSSR count). The van der Waals surface area contributed by atoms with Crippen molar-refractivity contribution >= 4 is 23.2 Å². The molecule has 1 atom stereocenters. The summed E-state index contributed by atoms with van der Waals surface area (Å²) < 4.78 is 41.3. The third-order valence-corrected chi connectivity index (χ3v) is 4.60. The third-order valence-electron chi connectivity index (χ3n) is 4.60. The summed E-state index contributed by atoms with van der Waals surface area (Å²) in [5, 5.41) is 6.83. The van der Waals surface area contributed by atoms with Crippen molar-refractivity contribution in [1.82, 2.24) is 24.6 Å². The van der Waals surface area contributed by atoms with Crippen molar-refractivity contribution in [2.75, 3.05) is 16.8 Å². The fourth-order valence-corrected chi connectivity index (χ4v) is 3.38. The number of hydrogen-bond acceptors (Lipinski definition) is 6. The maximum atomic E-state index is 13.3. The molecule has 4 heterocycles. The number of hydrogen-bond donors (Lipinski definition) is 1. The van der Waals surface area contributed by atoms with E-state index in [1.807, 2.05) is 0 Å². The maximum Gasteiger partial charge on any atom is 0.408 e. The average molecular weight is 391 g/mol. The number of fused-ring (bicyclic) bond motifs is 1. The number of halogens is 3. The number of rotatable bonds is 3. The van der Waals surface area contributed by atoms with Crippen LogP contribution in [0, 0.1) is 6.92 Å². The van der Waals surface area contributed by atoms with Gasteiger partial charge in [0.05, 0.1) is 11.9 Å². The van der Waals surface area contributed by atoms with E-state index in [-0.39, 0.29) is 35.8 Å². The number of aromatic nitrogens is 5. The van der Waals surface area contributed by atoms with Crippen molar-refractivity contribution in [2.24, 2.45) is 0 Å². The van der Waals surface area contributed by atoms with E-state index in [9.17, 15) is 18.0 Å². The first-order valence-electron chi connectivity index (χ1n) is 8.61. The second kappa shape index (κ2) is 6.73. The molecule has 0 saturated carbocycles. The molecule has 1 saturated heterocycles. The molecule has 1 fully saturated rings. The second-order valence-electron chi connectivity index (χ2n) is 6.45. The van der Waals surface area contributed by atoms with Crippen LogP contribution in [0.5, 0.6) is 0 Å². The molecule has 0 aromatic carbocycles.